The van der Waals surface area contributed by atoms with Crippen molar-refractivity contribution in [2.45, 2.75) is 20.3 Å². The number of benzene rings is 1. The van der Waals surface area contributed by atoms with Gasteiger partial charge in [-0.3, -0.25) is 0 Å². The first-order valence-corrected chi connectivity index (χ1v) is 7.29. The average molecular weight is 361 g/mol. The number of hydrogen-bond acceptors (Lipinski definition) is 3. The summed E-state index contributed by atoms with van der Waals surface area (Å²) in [4.78, 5) is 8.21. The molecule has 1 heterocycles. The van der Waals surface area contributed by atoms with Crippen LogP contribution in [0.15, 0.2) is 22.9 Å². The third kappa shape index (κ3) is 3.19. The van der Waals surface area contributed by atoms with Crippen LogP contribution in [0.1, 0.15) is 18.1 Å². The van der Waals surface area contributed by atoms with Crippen LogP contribution in [0.4, 0.5) is 11.5 Å². The van der Waals surface area contributed by atoms with Gasteiger partial charge in [0.25, 0.3) is 0 Å². The van der Waals surface area contributed by atoms with Crippen LogP contribution in [0.5, 0.6) is 0 Å². The number of nitrogens with zero attached hydrogens (tertiary/aromatic N) is 2. The quantitative estimate of drug-likeness (QED) is 0.768. The van der Waals surface area contributed by atoms with Gasteiger partial charge in [-0.2, -0.15) is 0 Å². The highest BCUT2D eigenvalue weighted by Gasteiger charge is 2.11. The molecule has 3 nitrogen and oxygen atoms in total. The number of halogens is 3. The van der Waals surface area contributed by atoms with E-state index in [4.69, 9.17) is 23.2 Å². The van der Waals surface area contributed by atoms with Crippen molar-refractivity contribution < 1.29 is 0 Å². The maximum Gasteiger partial charge on any atom is 0.138 e. The minimum Gasteiger partial charge on any atom is -0.339 e. The molecule has 0 aliphatic heterocycles. The van der Waals surface area contributed by atoms with E-state index in [0.717, 1.165) is 27.7 Å². The summed E-state index contributed by atoms with van der Waals surface area (Å²) in [6.45, 7) is 3.96. The van der Waals surface area contributed by atoms with E-state index in [1.165, 1.54) is 6.33 Å². The normalized spacial score (nSPS) is 10.6. The van der Waals surface area contributed by atoms with Crippen molar-refractivity contribution >= 4 is 50.6 Å². The molecule has 0 aliphatic carbocycles. The van der Waals surface area contributed by atoms with Crippen molar-refractivity contribution in [1.82, 2.24) is 9.97 Å². The molecule has 1 N–H and O–H groups in total. The van der Waals surface area contributed by atoms with Crippen molar-refractivity contribution in [3.63, 3.8) is 0 Å². The lowest BCUT2D eigenvalue weighted by Gasteiger charge is -2.13. The summed E-state index contributed by atoms with van der Waals surface area (Å²) in [6, 6.07) is 3.81. The van der Waals surface area contributed by atoms with Crippen molar-refractivity contribution in [3.05, 3.63) is 44.2 Å². The second kappa shape index (κ2) is 6.07. The van der Waals surface area contributed by atoms with E-state index in [9.17, 15) is 0 Å². The number of nitrogens with one attached hydrogen (secondary N) is 1. The van der Waals surface area contributed by atoms with Crippen molar-refractivity contribution in [1.29, 1.82) is 0 Å². The first-order chi connectivity index (χ1) is 9.02. The fourth-order valence-corrected chi connectivity index (χ4v) is 2.67. The monoisotopic (exact) mass is 359 g/mol. The maximum atomic E-state index is 6.14. The van der Waals surface area contributed by atoms with E-state index in [-0.39, 0.29) is 0 Å². The van der Waals surface area contributed by atoms with E-state index in [0.29, 0.717) is 16.0 Å². The summed E-state index contributed by atoms with van der Waals surface area (Å²) in [5, 5.41) is 4.40. The number of rotatable bonds is 3. The maximum absolute atomic E-state index is 6.14. The van der Waals surface area contributed by atoms with Crippen LogP contribution >= 0.6 is 39.1 Å². The first kappa shape index (κ1) is 14.6. The van der Waals surface area contributed by atoms with Crippen LogP contribution in [0, 0.1) is 6.92 Å². The summed E-state index contributed by atoms with van der Waals surface area (Å²) >= 11 is 15.7. The van der Waals surface area contributed by atoms with Gasteiger partial charge < -0.3 is 5.32 Å². The lowest BCUT2D eigenvalue weighted by Crippen LogP contribution is -2.01. The molecule has 0 fully saturated rings. The van der Waals surface area contributed by atoms with E-state index in [1.54, 1.807) is 0 Å². The Kier molecular flexibility index (Phi) is 4.66. The summed E-state index contributed by atoms with van der Waals surface area (Å²) in [7, 11) is 0. The van der Waals surface area contributed by atoms with Gasteiger partial charge in [-0.15, -0.1) is 0 Å². The predicted octanol–water partition coefficient (Wildman–Crippen LogP) is 5.16. The van der Waals surface area contributed by atoms with Crippen molar-refractivity contribution in [3.8, 4) is 0 Å². The Morgan fingerprint density at radius 1 is 1.26 bits per heavy atom. The Balaban J connectivity index is 2.42. The molecular weight excluding hydrogens is 349 g/mol. The molecule has 2 aromatic rings. The van der Waals surface area contributed by atoms with Gasteiger partial charge in [0.05, 0.1) is 5.69 Å². The van der Waals surface area contributed by atoms with E-state index < -0.39 is 0 Å². The number of aromatic nitrogens is 2. The fourth-order valence-electron chi connectivity index (χ4n) is 1.68. The highest BCUT2D eigenvalue weighted by Crippen LogP contribution is 2.32. The number of aryl methyl sites for hydroxylation is 1. The topological polar surface area (TPSA) is 37.8 Å². The third-order valence-electron chi connectivity index (χ3n) is 2.75. The molecule has 0 unspecified atom stereocenters. The Hall–Kier alpha value is -0.840. The molecule has 6 heteroatoms. The second-order valence-corrected chi connectivity index (χ2v) is 5.67. The first-order valence-electron chi connectivity index (χ1n) is 5.75. The Bertz CT molecular complexity index is 617. The SMILES string of the molecule is CCc1c(Cl)ncnc1Nc1cc(Cl)c(C)cc1Br. The second-order valence-electron chi connectivity index (χ2n) is 4.05. The summed E-state index contributed by atoms with van der Waals surface area (Å²) in [6.07, 6.45) is 2.19. The lowest BCUT2D eigenvalue weighted by molar-refractivity contribution is 1.05. The number of hydrogen-bond donors (Lipinski definition) is 1. The summed E-state index contributed by atoms with van der Waals surface area (Å²) in [5.41, 5.74) is 2.74. The van der Waals surface area contributed by atoms with Gasteiger partial charge in [-0.1, -0.05) is 30.1 Å². The Labute approximate surface area is 130 Å². The predicted molar refractivity (Wildman–Crippen MR) is 83.6 cm³/mol. The minimum absolute atomic E-state index is 0.467. The molecule has 0 saturated carbocycles. The average Bonchev–Trinajstić information content (AvgIpc) is 2.36. The van der Waals surface area contributed by atoms with Crippen LogP contribution in [-0.4, -0.2) is 9.97 Å². The summed E-state index contributed by atoms with van der Waals surface area (Å²) < 4.78 is 0.922. The largest absolute Gasteiger partial charge is 0.339 e. The third-order valence-corrected chi connectivity index (χ3v) is 4.14. The summed E-state index contributed by atoms with van der Waals surface area (Å²) in [5.74, 6) is 0.697. The molecule has 19 heavy (non-hydrogen) atoms. The fraction of sp³-hybridized carbons (Fsp3) is 0.231. The number of anilines is 2. The minimum atomic E-state index is 0.467. The van der Waals surface area contributed by atoms with Gasteiger partial charge >= 0.3 is 0 Å². The van der Waals surface area contributed by atoms with Gasteiger partial charge in [0.2, 0.25) is 0 Å². The van der Waals surface area contributed by atoms with Crippen molar-refractivity contribution in [2.24, 2.45) is 0 Å². The molecule has 0 atom stereocenters. The zero-order valence-corrected chi connectivity index (χ0v) is 13.6. The van der Waals surface area contributed by atoms with Crippen LogP contribution < -0.4 is 5.32 Å². The highest BCUT2D eigenvalue weighted by molar-refractivity contribution is 9.10. The molecule has 2 rings (SSSR count). The van der Waals surface area contributed by atoms with Crippen LogP contribution in [0.2, 0.25) is 10.2 Å². The molecule has 0 aliphatic rings. The zero-order chi connectivity index (χ0) is 14.0. The lowest BCUT2D eigenvalue weighted by atomic mass is 10.2. The van der Waals surface area contributed by atoms with Crippen LogP contribution in [-0.2, 0) is 6.42 Å². The molecule has 0 saturated heterocycles. The molecule has 100 valence electrons. The molecule has 0 amide bonds. The smallest absolute Gasteiger partial charge is 0.138 e. The molecule has 1 aromatic heterocycles. The van der Waals surface area contributed by atoms with Crippen molar-refractivity contribution in [2.75, 3.05) is 5.32 Å². The van der Waals surface area contributed by atoms with E-state index >= 15 is 0 Å². The Morgan fingerprint density at radius 2 is 2.00 bits per heavy atom. The molecular formula is C13H12BrCl2N3. The van der Waals surface area contributed by atoms with E-state index in [2.05, 4.69) is 31.2 Å². The standard InChI is InChI=1S/C13H12BrCl2N3/c1-3-8-12(16)17-6-18-13(8)19-11-5-10(15)7(2)4-9(11)14/h4-6H,3H2,1-2H3,(H,17,18,19). The molecule has 0 radical (unpaired) electrons. The molecule has 0 spiro atoms. The van der Waals surface area contributed by atoms with Gasteiger partial charge in [0.15, 0.2) is 0 Å². The van der Waals surface area contributed by atoms with Crippen LogP contribution in [0.25, 0.3) is 0 Å². The van der Waals surface area contributed by atoms with Gasteiger partial charge in [-0.05, 0) is 47.0 Å². The zero-order valence-electron chi connectivity index (χ0n) is 10.5. The van der Waals surface area contributed by atoms with Gasteiger partial charge in [0, 0.05) is 15.1 Å². The molecule has 0 bridgehead atoms. The Morgan fingerprint density at radius 3 is 2.68 bits per heavy atom. The van der Waals surface area contributed by atoms with E-state index in [1.807, 2.05) is 26.0 Å². The van der Waals surface area contributed by atoms with Gasteiger partial charge in [0.1, 0.15) is 17.3 Å². The van der Waals surface area contributed by atoms with Gasteiger partial charge in [-0.25, -0.2) is 9.97 Å². The highest BCUT2D eigenvalue weighted by atomic mass is 79.9. The van der Waals surface area contributed by atoms with Crippen LogP contribution in [0.3, 0.4) is 0 Å². The molecule has 1 aromatic carbocycles.